The minimum atomic E-state index is -0.654. The van der Waals surface area contributed by atoms with Gasteiger partial charge >= 0.3 is 5.97 Å². The molecule has 2 aliphatic rings. The van der Waals surface area contributed by atoms with Crippen LogP contribution < -0.4 is 29.2 Å². The average molecular weight is 543 g/mol. The van der Waals surface area contributed by atoms with Crippen LogP contribution in [0.15, 0.2) is 30.3 Å². The standard InChI is InChI=1S/C28H34N2O9/c1-3-35-24-17-21(30-9-11-34-12-10-30)25(36-4-2)16-20(24)29-27(32)18-39-28(33)8-6-22(31)19-5-7-23-26(15-19)38-14-13-37-23/h5,7,15-17H,3-4,6,8-14,18H2,1-2H3,(H,29,32). The summed E-state index contributed by atoms with van der Waals surface area (Å²) in [4.78, 5) is 39.5. The zero-order valence-electron chi connectivity index (χ0n) is 22.3. The number of rotatable bonds is 12. The molecule has 0 aliphatic carbocycles. The number of carbonyl (C=O) groups is 3. The van der Waals surface area contributed by atoms with E-state index >= 15 is 0 Å². The second kappa shape index (κ2) is 13.7. The molecular formula is C28H34N2O9. The Morgan fingerprint density at radius 2 is 1.59 bits per heavy atom. The Labute approximate surface area is 227 Å². The zero-order valence-corrected chi connectivity index (χ0v) is 22.3. The highest BCUT2D eigenvalue weighted by atomic mass is 16.6. The first-order valence-corrected chi connectivity index (χ1v) is 13.1. The van der Waals surface area contributed by atoms with Crippen molar-refractivity contribution in [2.75, 3.05) is 69.6 Å². The number of carbonyl (C=O) groups excluding carboxylic acids is 3. The molecule has 0 saturated carbocycles. The number of benzene rings is 2. The molecule has 0 atom stereocenters. The van der Waals surface area contributed by atoms with Gasteiger partial charge in [-0.05, 0) is 32.0 Å². The van der Waals surface area contributed by atoms with E-state index in [-0.39, 0.29) is 18.6 Å². The molecule has 0 spiro atoms. The van der Waals surface area contributed by atoms with Crippen LogP contribution in [0.4, 0.5) is 11.4 Å². The number of anilines is 2. The maximum Gasteiger partial charge on any atom is 0.306 e. The lowest BCUT2D eigenvalue weighted by Gasteiger charge is -2.31. The minimum Gasteiger partial charge on any atom is -0.492 e. The molecule has 39 heavy (non-hydrogen) atoms. The van der Waals surface area contributed by atoms with E-state index in [1.54, 1.807) is 24.3 Å². The Bertz CT molecular complexity index is 1180. The van der Waals surface area contributed by atoms with Gasteiger partial charge in [0.15, 0.2) is 23.9 Å². The lowest BCUT2D eigenvalue weighted by molar-refractivity contribution is -0.147. The molecule has 2 aliphatic heterocycles. The molecule has 0 aromatic heterocycles. The van der Waals surface area contributed by atoms with Crippen LogP contribution in [0.1, 0.15) is 37.0 Å². The highest BCUT2D eigenvalue weighted by Gasteiger charge is 2.21. The van der Waals surface area contributed by atoms with Crippen molar-refractivity contribution in [1.29, 1.82) is 0 Å². The van der Waals surface area contributed by atoms with Crippen LogP contribution in [0, 0.1) is 0 Å². The summed E-state index contributed by atoms with van der Waals surface area (Å²) in [6, 6.07) is 8.46. The monoisotopic (exact) mass is 542 g/mol. The van der Waals surface area contributed by atoms with E-state index in [0.29, 0.717) is 87.0 Å². The summed E-state index contributed by atoms with van der Waals surface area (Å²) >= 11 is 0. The molecule has 4 rings (SSSR count). The van der Waals surface area contributed by atoms with Crippen molar-refractivity contribution >= 4 is 29.0 Å². The van der Waals surface area contributed by atoms with Crippen LogP contribution in [0.25, 0.3) is 0 Å². The second-order valence-electron chi connectivity index (χ2n) is 8.77. The predicted octanol–water partition coefficient (Wildman–Crippen LogP) is 3.24. The van der Waals surface area contributed by atoms with E-state index in [4.69, 9.17) is 28.4 Å². The number of hydrogen-bond acceptors (Lipinski definition) is 10. The highest BCUT2D eigenvalue weighted by molar-refractivity contribution is 5.98. The van der Waals surface area contributed by atoms with Crippen molar-refractivity contribution in [3.05, 3.63) is 35.9 Å². The molecule has 1 saturated heterocycles. The minimum absolute atomic E-state index is 0.0602. The summed E-state index contributed by atoms with van der Waals surface area (Å²) in [7, 11) is 0. The first-order valence-electron chi connectivity index (χ1n) is 13.1. The smallest absolute Gasteiger partial charge is 0.306 e. The Morgan fingerprint density at radius 1 is 0.872 bits per heavy atom. The van der Waals surface area contributed by atoms with Crippen molar-refractivity contribution < 1.29 is 42.8 Å². The largest absolute Gasteiger partial charge is 0.492 e. The third kappa shape index (κ3) is 7.53. The molecular weight excluding hydrogens is 508 g/mol. The quantitative estimate of drug-likeness (QED) is 0.316. The fourth-order valence-corrected chi connectivity index (χ4v) is 4.23. The first kappa shape index (κ1) is 28.0. The van der Waals surface area contributed by atoms with Gasteiger partial charge in [-0.1, -0.05) is 0 Å². The number of ketones is 1. The summed E-state index contributed by atoms with van der Waals surface area (Å²) in [6.45, 7) is 7.60. The molecule has 0 bridgehead atoms. The number of nitrogens with zero attached hydrogens (tertiary/aromatic N) is 1. The summed E-state index contributed by atoms with van der Waals surface area (Å²) in [6.07, 6.45) is -0.219. The Morgan fingerprint density at radius 3 is 2.33 bits per heavy atom. The number of ether oxygens (including phenoxy) is 6. The number of nitrogens with one attached hydrogen (secondary N) is 1. The average Bonchev–Trinajstić information content (AvgIpc) is 2.96. The maximum atomic E-state index is 12.6. The van der Waals surface area contributed by atoms with E-state index in [1.807, 2.05) is 19.9 Å². The maximum absolute atomic E-state index is 12.6. The van der Waals surface area contributed by atoms with Crippen molar-refractivity contribution in [1.82, 2.24) is 0 Å². The number of esters is 1. The van der Waals surface area contributed by atoms with Gasteiger partial charge in [0, 0.05) is 37.2 Å². The zero-order chi connectivity index (χ0) is 27.6. The molecule has 11 nitrogen and oxygen atoms in total. The topological polar surface area (TPSA) is 122 Å². The second-order valence-corrected chi connectivity index (χ2v) is 8.77. The highest BCUT2D eigenvalue weighted by Crippen LogP contribution is 2.39. The molecule has 2 aromatic carbocycles. The Hall–Kier alpha value is -3.99. The van der Waals surface area contributed by atoms with Gasteiger partial charge in [-0.15, -0.1) is 0 Å². The molecule has 0 radical (unpaired) electrons. The number of morpholine rings is 1. The number of fused-ring (bicyclic) bond motifs is 1. The van der Waals surface area contributed by atoms with Gasteiger partial charge in [0.05, 0.1) is 44.2 Å². The van der Waals surface area contributed by atoms with E-state index in [0.717, 1.165) is 5.69 Å². The van der Waals surface area contributed by atoms with Crippen LogP contribution in [-0.4, -0.2) is 77.0 Å². The van der Waals surface area contributed by atoms with E-state index in [1.165, 1.54) is 0 Å². The van der Waals surface area contributed by atoms with Gasteiger partial charge in [0.2, 0.25) is 0 Å². The van der Waals surface area contributed by atoms with Gasteiger partial charge in [-0.25, -0.2) is 0 Å². The van der Waals surface area contributed by atoms with Crippen LogP contribution in [0.2, 0.25) is 0 Å². The molecule has 2 heterocycles. The molecule has 1 fully saturated rings. The third-order valence-electron chi connectivity index (χ3n) is 6.07. The number of Topliss-reactive ketones (excluding diaryl/α,β-unsaturated/α-hetero) is 1. The lowest BCUT2D eigenvalue weighted by atomic mass is 10.1. The van der Waals surface area contributed by atoms with Gasteiger partial charge in [0.25, 0.3) is 5.91 Å². The fourth-order valence-electron chi connectivity index (χ4n) is 4.23. The molecule has 11 heteroatoms. The fraction of sp³-hybridized carbons (Fsp3) is 0.464. The lowest BCUT2D eigenvalue weighted by Crippen LogP contribution is -2.36. The van der Waals surface area contributed by atoms with Crippen LogP contribution in [-0.2, 0) is 19.1 Å². The first-order chi connectivity index (χ1) is 19.0. The summed E-state index contributed by atoms with van der Waals surface area (Å²) in [5, 5.41) is 2.74. The Balaban J connectivity index is 1.32. The van der Waals surface area contributed by atoms with Crippen LogP contribution in [0.3, 0.4) is 0 Å². The normalized spacial score (nSPS) is 14.4. The van der Waals surface area contributed by atoms with Gasteiger partial charge in [0.1, 0.15) is 24.7 Å². The van der Waals surface area contributed by atoms with Gasteiger partial charge in [-0.2, -0.15) is 0 Å². The third-order valence-corrected chi connectivity index (χ3v) is 6.07. The van der Waals surface area contributed by atoms with Gasteiger partial charge in [-0.3, -0.25) is 14.4 Å². The molecule has 2 aromatic rings. The van der Waals surface area contributed by atoms with Gasteiger partial charge < -0.3 is 38.6 Å². The molecule has 210 valence electrons. The predicted molar refractivity (Wildman–Crippen MR) is 142 cm³/mol. The molecule has 1 amide bonds. The summed E-state index contributed by atoms with van der Waals surface area (Å²) < 4.78 is 33.1. The molecule has 0 unspecified atom stereocenters. The van der Waals surface area contributed by atoms with Crippen molar-refractivity contribution in [2.45, 2.75) is 26.7 Å². The number of hydrogen-bond donors (Lipinski definition) is 1. The van der Waals surface area contributed by atoms with Crippen molar-refractivity contribution in [2.24, 2.45) is 0 Å². The van der Waals surface area contributed by atoms with Crippen LogP contribution >= 0.6 is 0 Å². The van der Waals surface area contributed by atoms with Crippen molar-refractivity contribution in [3.8, 4) is 23.0 Å². The summed E-state index contributed by atoms with van der Waals surface area (Å²) in [5.74, 6) is 0.740. The van der Waals surface area contributed by atoms with Crippen molar-refractivity contribution in [3.63, 3.8) is 0 Å². The SMILES string of the molecule is CCOc1cc(N2CCOCC2)c(OCC)cc1NC(=O)COC(=O)CCC(=O)c1ccc2c(c1)OCCO2. The summed E-state index contributed by atoms with van der Waals surface area (Å²) in [5.41, 5.74) is 1.68. The number of amides is 1. The van der Waals surface area contributed by atoms with Crippen LogP contribution in [0.5, 0.6) is 23.0 Å². The van der Waals surface area contributed by atoms with E-state index < -0.39 is 18.5 Å². The Kier molecular flexibility index (Phi) is 9.85. The van der Waals surface area contributed by atoms with E-state index in [2.05, 4.69) is 10.2 Å². The van der Waals surface area contributed by atoms with E-state index in [9.17, 15) is 14.4 Å². The molecule has 1 N–H and O–H groups in total.